The Morgan fingerprint density at radius 2 is 2.25 bits per heavy atom. The largest absolute Gasteiger partial charge is 0.502 e. The van der Waals surface area contributed by atoms with Crippen LogP contribution in [0.3, 0.4) is 0 Å². The van der Waals surface area contributed by atoms with Crippen molar-refractivity contribution in [2.24, 2.45) is 0 Å². The van der Waals surface area contributed by atoms with Gasteiger partial charge in [0.05, 0.1) is 13.0 Å². The molecule has 0 spiro atoms. The van der Waals surface area contributed by atoms with E-state index in [0.29, 0.717) is 15.9 Å². The monoisotopic (exact) mass is 298 g/mol. The van der Waals surface area contributed by atoms with E-state index >= 15 is 0 Å². The summed E-state index contributed by atoms with van der Waals surface area (Å²) in [5.74, 6) is -3.67. The number of carbonyl (C=O) groups excluding carboxylic acids is 1. The molecular weight excluding hydrogens is 287 g/mol. The van der Waals surface area contributed by atoms with Crippen LogP contribution in [0, 0.1) is 5.82 Å². The van der Waals surface area contributed by atoms with Crippen molar-refractivity contribution in [3.8, 4) is 11.5 Å². The zero-order valence-electron chi connectivity index (χ0n) is 10.4. The number of aromatic hydroxyl groups is 1. The third-order valence-electron chi connectivity index (χ3n) is 2.91. The summed E-state index contributed by atoms with van der Waals surface area (Å²) in [7, 11) is 1.29. The molecule has 2 rings (SSSR count). The second-order valence-electron chi connectivity index (χ2n) is 4.10. The van der Waals surface area contributed by atoms with E-state index in [1.165, 1.54) is 19.2 Å². The van der Waals surface area contributed by atoms with Crippen LogP contribution in [0.4, 0.5) is 4.39 Å². The number of carboxylic acids is 1. The van der Waals surface area contributed by atoms with Gasteiger partial charge in [-0.05, 0) is 6.07 Å². The number of rotatable bonds is 5. The number of carbonyl (C=O) groups is 2. The number of phenols is 1. The SMILES string of the molecule is COc1cc2sc(C(CC=O)C(=O)O)cc2c(F)c1O. The Labute approximate surface area is 117 Å². The number of halogens is 1. The van der Waals surface area contributed by atoms with Crippen molar-refractivity contribution >= 4 is 33.7 Å². The third kappa shape index (κ3) is 2.32. The van der Waals surface area contributed by atoms with Crippen LogP contribution in [-0.2, 0) is 9.59 Å². The summed E-state index contributed by atoms with van der Waals surface area (Å²) in [5, 5.41) is 18.8. The van der Waals surface area contributed by atoms with Gasteiger partial charge in [0, 0.05) is 27.5 Å². The molecule has 0 aliphatic heterocycles. The van der Waals surface area contributed by atoms with Crippen LogP contribution in [0.2, 0.25) is 0 Å². The normalized spacial score (nSPS) is 12.3. The van der Waals surface area contributed by atoms with Crippen LogP contribution in [0.5, 0.6) is 11.5 Å². The molecule has 2 aromatic rings. The molecule has 20 heavy (non-hydrogen) atoms. The number of aldehydes is 1. The van der Waals surface area contributed by atoms with Crippen LogP contribution in [0.1, 0.15) is 17.2 Å². The molecule has 0 saturated heterocycles. The summed E-state index contributed by atoms with van der Waals surface area (Å²) in [6.45, 7) is 0. The second kappa shape index (κ2) is 5.46. The minimum Gasteiger partial charge on any atom is -0.502 e. The minimum absolute atomic E-state index is 0.0225. The van der Waals surface area contributed by atoms with Gasteiger partial charge in [-0.15, -0.1) is 11.3 Å². The van der Waals surface area contributed by atoms with Gasteiger partial charge in [-0.1, -0.05) is 0 Å². The van der Waals surface area contributed by atoms with Gasteiger partial charge in [0.15, 0.2) is 17.3 Å². The molecule has 0 saturated carbocycles. The van der Waals surface area contributed by atoms with Gasteiger partial charge >= 0.3 is 5.97 Å². The number of ether oxygens (including phenoxy) is 1. The molecule has 106 valence electrons. The topological polar surface area (TPSA) is 83.8 Å². The summed E-state index contributed by atoms with van der Waals surface area (Å²) in [6.07, 6.45) is 0.324. The highest BCUT2D eigenvalue weighted by molar-refractivity contribution is 7.19. The lowest BCUT2D eigenvalue weighted by Crippen LogP contribution is -2.10. The molecule has 1 unspecified atom stereocenters. The maximum atomic E-state index is 14.0. The van der Waals surface area contributed by atoms with Crippen LogP contribution >= 0.6 is 11.3 Å². The summed E-state index contributed by atoms with van der Waals surface area (Å²) >= 11 is 1.06. The molecule has 7 heteroatoms. The number of aliphatic carboxylic acids is 1. The molecule has 1 aromatic heterocycles. The van der Waals surface area contributed by atoms with Gasteiger partial charge in [-0.3, -0.25) is 4.79 Å². The number of methoxy groups -OCH3 is 1. The van der Waals surface area contributed by atoms with Gasteiger partial charge in [-0.25, -0.2) is 4.39 Å². The second-order valence-corrected chi connectivity index (χ2v) is 5.21. The molecule has 0 bridgehead atoms. The fourth-order valence-corrected chi connectivity index (χ4v) is 3.08. The summed E-state index contributed by atoms with van der Waals surface area (Å²) in [5.41, 5.74) is 0. The van der Waals surface area contributed by atoms with Gasteiger partial charge in [-0.2, -0.15) is 0 Å². The molecule has 1 atom stereocenters. The molecule has 0 amide bonds. The zero-order valence-corrected chi connectivity index (χ0v) is 11.2. The summed E-state index contributed by atoms with van der Waals surface area (Å²) in [6, 6.07) is 2.78. The van der Waals surface area contributed by atoms with Crippen LogP contribution in [-0.4, -0.2) is 29.6 Å². The lowest BCUT2D eigenvalue weighted by atomic mass is 10.0. The number of carboxylic acid groups (broad SMARTS) is 1. The van der Waals surface area contributed by atoms with Gasteiger partial charge in [0.25, 0.3) is 0 Å². The van der Waals surface area contributed by atoms with Crippen LogP contribution in [0.15, 0.2) is 12.1 Å². The van der Waals surface area contributed by atoms with Crippen molar-refractivity contribution in [2.75, 3.05) is 7.11 Å². The average molecular weight is 298 g/mol. The van der Waals surface area contributed by atoms with Crippen LogP contribution in [0.25, 0.3) is 10.1 Å². The number of phenolic OH excluding ortho intramolecular Hbond substituents is 1. The predicted octanol–water partition coefficient (Wildman–Crippen LogP) is 2.51. The van der Waals surface area contributed by atoms with E-state index in [0.717, 1.165) is 11.3 Å². The van der Waals surface area contributed by atoms with Crippen molar-refractivity contribution in [1.82, 2.24) is 0 Å². The molecule has 0 radical (unpaired) electrons. The number of fused-ring (bicyclic) bond motifs is 1. The number of hydrogen-bond acceptors (Lipinski definition) is 5. The Morgan fingerprint density at radius 1 is 1.55 bits per heavy atom. The number of hydrogen-bond donors (Lipinski definition) is 2. The van der Waals surface area contributed by atoms with Crippen molar-refractivity contribution in [2.45, 2.75) is 12.3 Å². The van der Waals surface area contributed by atoms with Crippen molar-refractivity contribution in [3.63, 3.8) is 0 Å². The van der Waals surface area contributed by atoms with E-state index in [-0.39, 0.29) is 17.6 Å². The van der Waals surface area contributed by atoms with E-state index < -0.39 is 23.5 Å². The molecule has 0 fully saturated rings. The molecule has 0 aliphatic rings. The lowest BCUT2D eigenvalue weighted by molar-refractivity contribution is -0.139. The molecule has 0 aliphatic carbocycles. The number of benzene rings is 1. The Kier molecular flexibility index (Phi) is 3.89. The van der Waals surface area contributed by atoms with E-state index in [9.17, 15) is 19.1 Å². The average Bonchev–Trinajstić information content (AvgIpc) is 2.83. The Hall–Kier alpha value is -2.15. The highest BCUT2D eigenvalue weighted by Crippen LogP contribution is 2.41. The summed E-state index contributed by atoms with van der Waals surface area (Å²) in [4.78, 5) is 22.0. The lowest BCUT2D eigenvalue weighted by Gasteiger charge is -2.04. The molecule has 2 N–H and O–H groups in total. The van der Waals surface area contributed by atoms with E-state index in [2.05, 4.69) is 0 Å². The highest BCUT2D eigenvalue weighted by Gasteiger charge is 2.24. The van der Waals surface area contributed by atoms with E-state index in [1.807, 2.05) is 0 Å². The van der Waals surface area contributed by atoms with Crippen molar-refractivity contribution < 1.29 is 28.9 Å². The minimum atomic E-state index is -1.15. The van der Waals surface area contributed by atoms with Crippen molar-refractivity contribution in [1.29, 1.82) is 0 Å². The van der Waals surface area contributed by atoms with Gasteiger partial charge in [0.1, 0.15) is 6.29 Å². The molecule has 5 nitrogen and oxygen atoms in total. The predicted molar refractivity (Wildman–Crippen MR) is 71.1 cm³/mol. The van der Waals surface area contributed by atoms with Gasteiger partial charge in [0.2, 0.25) is 0 Å². The molecule has 1 aromatic carbocycles. The highest BCUT2D eigenvalue weighted by atomic mass is 32.1. The van der Waals surface area contributed by atoms with Crippen molar-refractivity contribution in [3.05, 3.63) is 22.8 Å². The van der Waals surface area contributed by atoms with E-state index in [1.54, 1.807) is 0 Å². The van der Waals surface area contributed by atoms with E-state index in [4.69, 9.17) is 9.84 Å². The standard InChI is InChI=1S/C13H11FO5S/c1-19-8-5-10-7(11(14)12(8)16)4-9(20-10)6(2-3-15)13(17)18/h3-6,16H,2H2,1H3,(H,17,18). The first-order valence-electron chi connectivity index (χ1n) is 5.65. The molecular formula is C13H11FO5S. The summed E-state index contributed by atoms with van der Waals surface area (Å²) < 4.78 is 19.3. The fourth-order valence-electron chi connectivity index (χ4n) is 1.89. The zero-order chi connectivity index (χ0) is 14.9. The fraction of sp³-hybridized carbons (Fsp3) is 0.231. The van der Waals surface area contributed by atoms with Gasteiger partial charge < -0.3 is 19.7 Å². The Balaban J connectivity index is 2.61. The first kappa shape index (κ1) is 14.3. The maximum absolute atomic E-state index is 14.0. The third-order valence-corrected chi connectivity index (χ3v) is 4.11. The Morgan fingerprint density at radius 3 is 2.80 bits per heavy atom. The molecule has 1 heterocycles. The first-order chi connectivity index (χ1) is 9.49. The Bertz CT molecular complexity index is 679. The smallest absolute Gasteiger partial charge is 0.312 e. The first-order valence-corrected chi connectivity index (χ1v) is 6.46. The van der Waals surface area contributed by atoms with Crippen LogP contribution < -0.4 is 4.74 Å². The number of thiophene rings is 1. The maximum Gasteiger partial charge on any atom is 0.312 e. The quantitative estimate of drug-likeness (QED) is 0.829.